The first-order valence-electron chi connectivity index (χ1n) is 9.43. The van der Waals surface area contributed by atoms with Crippen molar-refractivity contribution in [1.82, 2.24) is 0 Å². The molecule has 3 nitrogen and oxygen atoms in total. The van der Waals surface area contributed by atoms with E-state index in [0.717, 1.165) is 35.3 Å². The van der Waals surface area contributed by atoms with Gasteiger partial charge in [-0.05, 0) is 63.6 Å². The zero-order valence-electron chi connectivity index (χ0n) is 16.2. The zero-order valence-corrected chi connectivity index (χ0v) is 17.0. The van der Waals surface area contributed by atoms with E-state index in [2.05, 4.69) is 11.7 Å². The summed E-state index contributed by atoms with van der Waals surface area (Å²) >= 11 is 1.52. The Morgan fingerprint density at radius 2 is 2.07 bits per heavy atom. The van der Waals surface area contributed by atoms with Crippen molar-refractivity contribution >= 4 is 35.0 Å². The average molecular weight is 398 g/mol. The van der Waals surface area contributed by atoms with E-state index in [-0.39, 0.29) is 11.8 Å². The minimum atomic E-state index is -0.551. The third kappa shape index (κ3) is 3.90. The average Bonchev–Trinajstić information content (AvgIpc) is 2.68. The highest BCUT2D eigenvalue weighted by molar-refractivity contribution is 8.10. The Labute approximate surface area is 169 Å². The van der Waals surface area contributed by atoms with E-state index in [1.807, 2.05) is 44.2 Å². The van der Waals surface area contributed by atoms with Gasteiger partial charge in [0, 0.05) is 16.0 Å². The summed E-state index contributed by atoms with van der Waals surface area (Å²) in [4.78, 5) is 17.6. The molecule has 0 N–H and O–H groups in total. The van der Waals surface area contributed by atoms with Crippen molar-refractivity contribution in [2.75, 3.05) is 6.61 Å². The van der Waals surface area contributed by atoms with Gasteiger partial charge in [-0.2, -0.15) is 0 Å². The van der Waals surface area contributed by atoms with Crippen LogP contribution in [-0.2, 0) is 9.53 Å². The number of carbonyl (C=O) groups is 1. The van der Waals surface area contributed by atoms with Crippen LogP contribution in [0.1, 0.15) is 38.7 Å². The fraction of sp³-hybridized carbons (Fsp3) is 0.304. The molecule has 0 aromatic heterocycles. The van der Waals surface area contributed by atoms with Crippen LogP contribution >= 0.6 is 11.8 Å². The highest BCUT2D eigenvalue weighted by Gasteiger charge is 2.47. The normalized spacial score (nSPS) is 15.6. The molecule has 0 atom stereocenters. The highest BCUT2D eigenvalue weighted by atomic mass is 32.2. The van der Waals surface area contributed by atoms with E-state index in [0.29, 0.717) is 17.9 Å². The second-order valence-corrected chi connectivity index (χ2v) is 8.12. The van der Waals surface area contributed by atoms with Crippen LogP contribution in [0.15, 0.2) is 53.5 Å². The second kappa shape index (κ2) is 8.74. The summed E-state index contributed by atoms with van der Waals surface area (Å²) in [5, 5.41) is 0. The predicted octanol–water partition coefficient (Wildman–Crippen LogP) is 6.40. The first-order chi connectivity index (χ1) is 13.5. The predicted molar refractivity (Wildman–Crippen MR) is 116 cm³/mol. The van der Waals surface area contributed by atoms with Gasteiger partial charge in [-0.1, -0.05) is 30.3 Å². The smallest absolute Gasteiger partial charge is 0.322 e. The molecule has 0 unspecified atom stereocenters. The Morgan fingerprint density at radius 3 is 2.64 bits per heavy atom. The van der Waals surface area contributed by atoms with Gasteiger partial charge in [0.2, 0.25) is 0 Å². The minimum Gasteiger partial charge on any atom is -0.465 e. The van der Waals surface area contributed by atoms with Crippen molar-refractivity contribution in [3.05, 3.63) is 59.9 Å². The molecule has 1 aliphatic rings. The van der Waals surface area contributed by atoms with Crippen molar-refractivity contribution in [2.45, 2.75) is 37.9 Å². The molecule has 0 bridgehead atoms. The van der Waals surface area contributed by atoms with Crippen LogP contribution in [0.4, 0.5) is 10.1 Å². The Bertz CT molecular complexity index is 919. The van der Waals surface area contributed by atoms with Crippen LogP contribution in [0.3, 0.4) is 0 Å². The molecule has 0 heterocycles. The SMILES string of the molecule is C=Nc1ccc(-c2ccccc2F)cc1/C(=C\C)SC1(C(=O)OCC)CCC1. The third-order valence-electron chi connectivity index (χ3n) is 4.99. The number of ether oxygens (including phenoxy) is 1. The fourth-order valence-corrected chi connectivity index (χ4v) is 4.77. The lowest BCUT2D eigenvalue weighted by Gasteiger charge is -2.39. The molecule has 1 saturated carbocycles. The molecule has 2 aromatic carbocycles. The maximum atomic E-state index is 14.3. The lowest BCUT2D eigenvalue weighted by molar-refractivity contribution is -0.148. The van der Waals surface area contributed by atoms with E-state index < -0.39 is 4.75 Å². The van der Waals surface area contributed by atoms with E-state index in [9.17, 15) is 9.18 Å². The second-order valence-electron chi connectivity index (χ2n) is 6.69. The van der Waals surface area contributed by atoms with Gasteiger partial charge in [-0.25, -0.2) is 4.39 Å². The van der Waals surface area contributed by atoms with Crippen molar-refractivity contribution < 1.29 is 13.9 Å². The monoisotopic (exact) mass is 397 g/mol. The van der Waals surface area contributed by atoms with Crippen LogP contribution in [0.2, 0.25) is 0 Å². The van der Waals surface area contributed by atoms with Crippen LogP contribution in [-0.4, -0.2) is 24.0 Å². The maximum Gasteiger partial charge on any atom is 0.322 e. The van der Waals surface area contributed by atoms with E-state index in [1.165, 1.54) is 17.8 Å². The minimum absolute atomic E-state index is 0.163. The standard InChI is InChI=1S/C23H24FNO2S/c1-4-21(28-23(13-8-14-23)22(26)27-5-2)18-15-16(11-12-20(18)25-3)17-9-6-7-10-19(17)24/h4,6-7,9-12,15H,3,5,8,13-14H2,1-2H3/b21-4+. The van der Waals surface area contributed by atoms with Gasteiger partial charge in [0.1, 0.15) is 10.6 Å². The van der Waals surface area contributed by atoms with Gasteiger partial charge < -0.3 is 4.74 Å². The summed E-state index contributed by atoms with van der Waals surface area (Å²) in [5.41, 5.74) is 2.85. The van der Waals surface area contributed by atoms with Crippen molar-refractivity contribution in [2.24, 2.45) is 4.99 Å². The molecule has 3 rings (SSSR count). The topological polar surface area (TPSA) is 38.7 Å². The Morgan fingerprint density at radius 1 is 1.32 bits per heavy atom. The van der Waals surface area contributed by atoms with Crippen LogP contribution in [0.25, 0.3) is 16.0 Å². The quantitative estimate of drug-likeness (QED) is 0.400. The molecule has 0 amide bonds. The largest absolute Gasteiger partial charge is 0.465 e. The number of nitrogens with zero attached hydrogens (tertiary/aromatic N) is 1. The van der Waals surface area contributed by atoms with Gasteiger partial charge in [-0.3, -0.25) is 9.79 Å². The Hall–Kier alpha value is -2.40. The van der Waals surface area contributed by atoms with Crippen molar-refractivity contribution in [3.63, 3.8) is 0 Å². The van der Waals surface area contributed by atoms with Crippen LogP contribution in [0, 0.1) is 5.82 Å². The molecular formula is C23H24FNO2S. The maximum absolute atomic E-state index is 14.3. The van der Waals surface area contributed by atoms with Gasteiger partial charge in [-0.15, -0.1) is 11.8 Å². The van der Waals surface area contributed by atoms with E-state index in [4.69, 9.17) is 4.74 Å². The summed E-state index contributed by atoms with van der Waals surface area (Å²) in [6.45, 7) is 7.80. The first kappa shape index (κ1) is 20.3. The molecule has 0 radical (unpaired) electrons. The van der Waals surface area contributed by atoms with Gasteiger partial charge in [0.25, 0.3) is 0 Å². The molecule has 1 fully saturated rings. The summed E-state index contributed by atoms with van der Waals surface area (Å²) in [5.74, 6) is -0.437. The number of rotatable bonds is 7. The lowest BCUT2D eigenvalue weighted by Crippen LogP contribution is -2.43. The summed E-state index contributed by atoms with van der Waals surface area (Å²) in [7, 11) is 0. The number of esters is 1. The van der Waals surface area contributed by atoms with Crippen molar-refractivity contribution in [1.29, 1.82) is 0 Å². The Balaban J connectivity index is 2.00. The summed E-state index contributed by atoms with van der Waals surface area (Å²) in [6, 6.07) is 12.3. The molecular weight excluding hydrogens is 373 g/mol. The van der Waals surface area contributed by atoms with E-state index in [1.54, 1.807) is 12.1 Å². The molecule has 1 aliphatic carbocycles. The number of hydrogen-bond donors (Lipinski definition) is 0. The van der Waals surface area contributed by atoms with Crippen LogP contribution in [0.5, 0.6) is 0 Å². The molecule has 0 aliphatic heterocycles. The number of hydrogen-bond acceptors (Lipinski definition) is 4. The zero-order chi connectivity index (χ0) is 20.1. The van der Waals surface area contributed by atoms with E-state index >= 15 is 0 Å². The van der Waals surface area contributed by atoms with Gasteiger partial charge in [0.05, 0.1) is 12.3 Å². The molecule has 0 saturated heterocycles. The van der Waals surface area contributed by atoms with Crippen molar-refractivity contribution in [3.8, 4) is 11.1 Å². The van der Waals surface area contributed by atoms with Gasteiger partial charge in [0.15, 0.2) is 0 Å². The Kier molecular flexibility index (Phi) is 6.35. The number of benzene rings is 2. The van der Waals surface area contributed by atoms with Gasteiger partial charge >= 0.3 is 5.97 Å². The third-order valence-corrected chi connectivity index (χ3v) is 6.63. The first-order valence-corrected chi connectivity index (χ1v) is 10.2. The number of carbonyl (C=O) groups excluding carboxylic acids is 1. The summed E-state index contributed by atoms with van der Waals surface area (Å²) in [6.07, 6.45) is 4.55. The molecule has 0 spiro atoms. The molecule has 2 aromatic rings. The van der Waals surface area contributed by atoms with Crippen LogP contribution < -0.4 is 0 Å². The highest BCUT2D eigenvalue weighted by Crippen LogP contribution is 2.52. The fourth-order valence-electron chi connectivity index (χ4n) is 3.32. The molecule has 5 heteroatoms. The lowest BCUT2D eigenvalue weighted by atomic mass is 9.84. The number of allylic oxidation sites excluding steroid dienone is 1. The summed E-state index contributed by atoms with van der Waals surface area (Å²) < 4.78 is 19.1. The number of thioether (sulfide) groups is 1. The molecule has 146 valence electrons. The molecule has 28 heavy (non-hydrogen) atoms. The number of halogens is 1. The number of aliphatic imine (C=N–C) groups is 1.